The Balaban J connectivity index is 2.37. The Morgan fingerprint density at radius 3 is 2.72 bits per heavy atom. The van der Waals surface area contributed by atoms with Gasteiger partial charge in [-0.05, 0) is 58.6 Å². The van der Waals surface area contributed by atoms with E-state index in [4.69, 9.17) is 11.6 Å². The first-order valence-electron chi connectivity index (χ1n) is 5.94. The van der Waals surface area contributed by atoms with Gasteiger partial charge in [0.05, 0.1) is 11.1 Å². The zero-order valence-corrected chi connectivity index (χ0v) is 13.8. The van der Waals surface area contributed by atoms with Gasteiger partial charge in [0, 0.05) is 8.45 Å². The van der Waals surface area contributed by atoms with Crippen LogP contribution >= 0.6 is 45.5 Å². The number of benzene rings is 1. The molecule has 0 aliphatic carbocycles. The van der Waals surface area contributed by atoms with Crippen molar-refractivity contribution in [1.82, 2.24) is 5.32 Å². The van der Waals surface area contributed by atoms with Crippen LogP contribution in [0.15, 0.2) is 35.7 Å². The van der Waals surface area contributed by atoms with Gasteiger partial charge in [0.2, 0.25) is 0 Å². The van der Waals surface area contributed by atoms with Crippen LogP contribution in [0.3, 0.4) is 0 Å². The first-order chi connectivity index (χ1) is 8.74. The maximum atomic E-state index is 6.28. The number of thiophene rings is 1. The SMILES string of the molecule is CCCNC(c1ccccc1I)c1sccc1Cl. The highest BCUT2D eigenvalue weighted by Gasteiger charge is 2.19. The quantitative estimate of drug-likeness (QED) is 0.700. The maximum absolute atomic E-state index is 6.28. The molecule has 1 nitrogen and oxygen atoms in total. The second-order valence-corrected chi connectivity index (χ2v) is 6.56. The van der Waals surface area contributed by atoms with E-state index in [0.29, 0.717) is 0 Å². The fourth-order valence-corrected chi connectivity index (χ4v) is 3.81. The molecule has 0 fully saturated rings. The van der Waals surface area contributed by atoms with Crippen LogP contribution in [0.4, 0.5) is 0 Å². The number of hydrogen-bond donors (Lipinski definition) is 1. The fourth-order valence-electron chi connectivity index (χ4n) is 1.85. The molecule has 2 rings (SSSR count). The van der Waals surface area contributed by atoms with Gasteiger partial charge in [-0.1, -0.05) is 36.7 Å². The van der Waals surface area contributed by atoms with Gasteiger partial charge in [-0.15, -0.1) is 11.3 Å². The van der Waals surface area contributed by atoms with Crippen LogP contribution in [0.1, 0.15) is 29.8 Å². The standard InChI is InChI=1S/C14H15ClINS/c1-2-8-17-13(14-11(15)7-9-18-14)10-5-3-4-6-12(10)16/h3-7,9,13,17H,2,8H2,1H3. The lowest BCUT2D eigenvalue weighted by Gasteiger charge is -2.19. The molecule has 1 heterocycles. The molecule has 96 valence electrons. The van der Waals surface area contributed by atoms with E-state index in [1.165, 1.54) is 14.0 Å². The predicted octanol–water partition coefficient (Wildman–Crippen LogP) is 5.10. The van der Waals surface area contributed by atoms with Crippen LogP contribution in [-0.4, -0.2) is 6.54 Å². The van der Waals surface area contributed by atoms with Crippen LogP contribution in [0.25, 0.3) is 0 Å². The number of rotatable bonds is 5. The second-order valence-electron chi connectivity index (χ2n) is 4.04. The van der Waals surface area contributed by atoms with Crippen molar-refractivity contribution in [1.29, 1.82) is 0 Å². The van der Waals surface area contributed by atoms with E-state index in [0.717, 1.165) is 18.0 Å². The topological polar surface area (TPSA) is 12.0 Å². The van der Waals surface area contributed by atoms with E-state index in [1.54, 1.807) is 11.3 Å². The lowest BCUT2D eigenvalue weighted by molar-refractivity contribution is 0.604. The lowest BCUT2D eigenvalue weighted by atomic mass is 10.1. The Labute approximate surface area is 131 Å². The van der Waals surface area contributed by atoms with Crippen LogP contribution in [0.2, 0.25) is 5.02 Å². The monoisotopic (exact) mass is 391 g/mol. The third kappa shape index (κ3) is 3.26. The molecule has 0 saturated heterocycles. The summed E-state index contributed by atoms with van der Waals surface area (Å²) in [5.74, 6) is 0. The van der Waals surface area contributed by atoms with Crippen LogP contribution in [0.5, 0.6) is 0 Å². The summed E-state index contributed by atoms with van der Waals surface area (Å²) >= 11 is 10.4. The molecule has 18 heavy (non-hydrogen) atoms. The molecular formula is C14H15ClINS. The molecule has 1 N–H and O–H groups in total. The molecule has 0 radical (unpaired) electrons. The van der Waals surface area contributed by atoms with Crippen molar-refractivity contribution in [2.24, 2.45) is 0 Å². The Kier molecular flexibility index (Phi) is 5.48. The van der Waals surface area contributed by atoms with E-state index < -0.39 is 0 Å². The highest BCUT2D eigenvalue weighted by atomic mass is 127. The van der Waals surface area contributed by atoms with Crippen molar-refractivity contribution in [2.45, 2.75) is 19.4 Å². The molecule has 0 aliphatic rings. The number of nitrogens with one attached hydrogen (secondary N) is 1. The average Bonchev–Trinajstić information content (AvgIpc) is 2.78. The molecule has 4 heteroatoms. The molecule has 2 aromatic rings. The predicted molar refractivity (Wildman–Crippen MR) is 88.6 cm³/mol. The minimum atomic E-state index is 0.200. The summed E-state index contributed by atoms with van der Waals surface area (Å²) in [5, 5.41) is 6.50. The summed E-state index contributed by atoms with van der Waals surface area (Å²) < 4.78 is 1.27. The van der Waals surface area contributed by atoms with Gasteiger partial charge in [-0.3, -0.25) is 0 Å². The van der Waals surface area contributed by atoms with Gasteiger partial charge in [-0.2, -0.15) is 0 Å². The smallest absolute Gasteiger partial charge is 0.0696 e. The van der Waals surface area contributed by atoms with E-state index in [1.807, 2.05) is 11.4 Å². The van der Waals surface area contributed by atoms with Crippen LogP contribution in [-0.2, 0) is 0 Å². The van der Waals surface area contributed by atoms with E-state index in [-0.39, 0.29) is 6.04 Å². The van der Waals surface area contributed by atoms with Crippen molar-refractivity contribution >= 4 is 45.5 Å². The number of halogens is 2. The van der Waals surface area contributed by atoms with Crippen molar-refractivity contribution < 1.29 is 0 Å². The molecule has 0 saturated carbocycles. The van der Waals surface area contributed by atoms with Gasteiger partial charge in [0.1, 0.15) is 0 Å². The molecule has 1 aromatic heterocycles. The van der Waals surface area contributed by atoms with Crippen LogP contribution in [0, 0.1) is 3.57 Å². The molecule has 1 atom stereocenters. The van der Waals surface area contributed by atoms with Gasteiger partial charge in [0.15, 0.2) is 0 Å². The fraction of sp³-hybridized carbons (Fsp3) is 0.286. The largest absolute Gasteiger partial charge is 0.306 e. The zero-order chi connectivity index (χ0) is 13.0. The second kappa shape index (κ2) is 6.89. The highest BCUT2D eigenvalue weighted by Crippen LogP contribution is 2.34. The molecule has 0 spiro atoms. The van der Waals surface area contributed by atoms with E-state index >= 15 is 0 Å². The summed E-state index contributed by atoms with van der Waals surface area (Å²) in [6.07, 6.45) is 1.11. The Hall–Kier alpha value is -0.100. The van der Waals surface area contributed by atoms with Crippen molar-refractivity contribution in [3.8, 4) is 0 Å². The molecule has 1 unspecified atom stereocenters. The minimum absolute atomic E-state index is 0.200. The van der Waals surface area contributed by atoms with E-state index in [9.17, 15) is 0 Å². The van der Waals surface area contributed by atoms with Crippen molar-refractivity contribution in [3.63, 3.8) is 0 Å². The van der Waals surface area contributed by atoms with Gasteiger partial charge in [0.25, 0.3) is 0 Å². The van der Waals surface area contributed by atoms with Gasteiger partial charge < -0.3 is 5.32 Å². The number of hydrogen-bond acceptors (Lipinski definition) is 2. The summed E-state index contributed by atoms with van der Waals surface area (Å²) in [7, 11) is 0. The summed E-state index contributed by atoms with van der Waals surface area (Å²) in [4.78, 5) is 1.20. The molecule has 0 aliphatic heterocycles. The third-order valence-corrected chi connectivity index (χ3v) is 5.13. The maximum Gasteiger partial charge on any atom is 0.0696 e. The van der Waals surface area contributed by atoms with Gasteiger partial charge >= 0.3 is 0 Å². The first kappa shape index (κ1) is 14.3. The van der Waals surface area contributed by atoms with Crippen molar-refractivity contribution in [2.75, 3.05) is 6.54 Å². The summed E-state index contributed by atoms with van der Waals surface area (Å²) in [6, 6.07) is 10.6. The first-order valence-corrected chi connectivity index (χ1v) is 8.28. The summed E-state index contributed by atoms with van der Waals surface area (Å²) in [5.41, 5.74) is 1.30. The Bertz CT molecular complexity index is 512. The van der Waals surface area contributed by atoms with Crippen LogP contribution < -0.4 is 5.32 Å². The molecular weight excluding hydrogens is 377 g/mol. The molecule has 0 bridgehead atoms. The Morgan fingerprint density at radius 1 is 1.33 bits per heavy atom. The van der Waals surface area contributed by atoms with Gasteiger partial charge in [-0.25, -0.2) is 0 Å². The highest BCUT2D eigenvalue weighted by molar-refractivity contribution is 14.1. The zero-order valence-electron chi connectivity index (χ0n) is 10.1. The molecule has 1 aromatic carbocycles. The lowest BCUT2D eigenvalue weighted by Crippen LogP contribution is -2.23. The average molecular weight is 392 g/mol. The minimum Gasteiger partial charge on any atom is -0.306 e. The third-order valence-electron chi connectivity index (χ3n) is 2.72. The van der Waals surface area contributed by atoms with Crippen molar-refractivity contribution in [3.05, 3.63) is 54.7 Å². The normalized spacial score (nSPS) is 12.6. The summed E-state index contributed by atoms with van der Waals surface area (Å²) in [6.45, 7) is 3.17. The van der Waals surface area contributed by atoms with E-state index in [2.05, 4.69) is 59.1 Å². The molecule has 0 amide bonds. The Morgan fingerprint density at radius 2 is 2.11 bits per heavy atom.